The minimum atomic E-state index is 0.149. The van der Waals surface area contributed by atoms with Crippen molar-refractivity contribution in [2.45, 2.75) is 32.8 Å². The van der Waals surface area contributed by atoms with Crippen molar-refractivity contribution in [1.82, 2.24) is 4.90 Å². The largest absolute Gasteiger partial charge is 0.496 e. The quantitative estimate of drug-likeness (QED) is 0.840. The lowest BCUT2D eigenvalue weighted by atomic mass is 10.1. The van der Waals surface area contributed by atoms with E-state index < -0.39 is 0 Å². The fourth-order valence-corrected chi connectivity index (χ4v) is 2.35. The predicted octanol–water partition coefficient (Wildman–Crippen LogP) is 2.39. The number of aryl methyl sites for hydroxylation is 1. The monoisotopic (exact) mass is 263 g/mol. The maximum atomic E-state index is 11.3. The number of carbonyl (C=O) groups is 1. The maximum Gasteiger partial charge on any atom is 0.219 e. The van der Waals surface area contributed by atoms with Crippen molar-refractivity contribution in [1.29, 1.82) is 0 Å². The highest BCUT2D eigenvalue weighted by atomic mass is 16.5. The molecule has 0 radical (unpaired) electrons. The van der Waals surface area contributed by atoms with Gasteiger partial charge in [0.05, 0.1) is 7.11 Å². The van der Waals surface area contributed by atoms with Crippen LogP contribution < -0.4 is 9.47 Å². The van der Waals surface area contributed by atoms with E-state index in [9.17, 15) is 4.79 Å². The average Bonchev–Trinajstić information content (AvgIpc) is 2.41. The maximum absolute atomic E-state index is 11.3. The third kappa shape index (κ3) is 3.40. The lowest BCUT2D eigenvalue weighted by Gasteiger charge is -2.31. The van der Waals surface area contributed by atoms with E-state index in [4.69, 9.17) is 9.47 Å². The highest BCUT2D eigenvalue weighted by molar-refractivity contribution is 5.73. The number of methoxy groups -OCH3 is 1. The van der Waals surface area contributed by atoms with E-state index in [0.717, 1.165) is 43.0 Å². The molecule has 1 fully saturated rings. The van der Waals surface area contributed by atoms with Crippen LogP contribution in [0.3, 0.4) is 0 Å². The van der Waals surface area contributed by atoms with Gasteiger partial charge in [0.1, 0.15) is 17.6 Å². The second kappa shape index (κ2) is 5.95. The van der Waals surface area contributed by atoms with Gasteiger partial charge in [-0.25, -0.2) is 0 Å². The first-order valence-electron chi connectivity index (χ1n) is 6.67. The van der Waals surface area contributed by atoms with Crippen LogP contribution in [0.25, 0.3) is 0 Å². The molecular formula is C15H21NO3. The molecule has 4 heteroatoms. The van der Waals surface area contributed by atoms with Gasteiger partial charge in [0.2, 0.25) is 5.91 Å². The zero-order valence-corrected chi connectivity index (χ0v) is 11.8. The molecule has 1 aromatic carbocycles. The van der Waals surface area contributed by atoms with E-state index in [0.29, 0.717) is 0 Å². The smallest absolute Gasteiger partial charge is 0.219 e. The molecule has 0 bridgehead atoms. The molecule has 1 aromatic rings. The van der Waals surface area contributed by atoms with E-state index in [1.807, 2.05) is 30.0 Å². The lowest BCUT2D eigenvalue weighted by molar-refractivity contribution is -0.130. The SMILES string of the molecule is COc1cc(OC2CCN(C(C)=O)CC2)ccc1C. The zero-order chi connectivity index (χ0) is 13.8. The summed E-state index contributed by atoms with van der Waals surface area (Å²) >= 11 is 0. The van der Waals surface area contributed by atoms with Crippen molar-refractivity contribution in [3.05, 3.63) is 23.8 Å². The van der Waals surface area contributed by atoms with E-state index in [2.05, 4.69) is 0 Å². The Morgan fingerprint density at radius 2 is 2.00 bits per heavy atom. The van der Waals surface area contributed by atoms with Crippen molar-refractivity contribution >= 4 is 5.91 Å². The summed E-state index contributed by atoms with van der Waals surface area (Å²) in [5.41, 5.74) is 1.10. The number of hydrogen-bond donors (Lipinski definition) is 0. The molecule has 0 atom stereocenters. The summed E-state index contributed by atoms with van der Waals surface area (Å²) in [4.78, 5) is 13.1. The highest BCUT2D eigenvalue weighted by Gasteiger charge is 2.22. The first-order chi connectivity index (χ1) is 9.10. The van der Waals surface area contributed by atoms with Gasteiger partial charge in [0.15, 0.2) is 0 Å². The molecule has 0 N–H and O–H groups in total. The van der Waals surface area contributed by atoms with Crippen LogP contribution in [0, 0.1) is 6.92 Å². The number of benzene rings is 1. The summed E-state index contributed by atoms with van der Waals surface area (Å²) in [5.74, 6) is 1.83. The van der Waals surface area contributed by atoms with Crippen LogP contribution in [0.2, 0.25) is 0 Å². The first-order valence-corrected chi connectivity index (χ1v) is 6.67. The second-order valence-electron chi connectivity index (χ2n) is 4.95. The summed E-state index contributed by atoms with van der Waals surface area (Å²) in [7, 11) is 1.66. The normalized spacial score (nSPS) is 16.3. The van der Waals surface area contributed by atoms with Crippen LogP contribution in [-0.4, -0.2) is 37.1 Å². The fraction of sp³-hybridized carbons (Fsp3) is 0.533. The Hall–Kier alpha value is -1.71. The predicted molar refractivity (Wildman–Crippen MR) is 73.6 cm³/mol. The van der Waals surface area contributed by atoms with Crippen LogP contribution in [-0.2, 0) is 4.79 Å². The third-order valence-corrected chi connectivity index (χ3v) is 3.57. The number of carbonyl (C=O) groups excluding carboxylic acids is 1. The van der Waals surface area contributed by atoms with Crippen molar-refractivity contribution < 1.29 is 14.3 Å². The van der Waals surface area contributed by atoms with Gasteiger partial charge in [-0.2, -0.15) is 0 Å². The van der Waals surface area contributed by atoms with E-state index >= 15 is 0 Å². The van der Waals surface area contributed by atoms with Gasteiger partial charge in [-0.15, -0.1) is 0 Å². The number of hydrogen-bond acceptors (Lipinski definition) is 3. The Bertz CT molecular complexity index is 451. The first kappa shape index (κ1) is 13.7. The third-order valence-electron chi connectivity index (χ3n) is 3.57. The molecule has 0 spiro atoms. The van der Waals surface area contributed by atoms with Crippen molar-refractivity contribution in [3.63, 3.8) is 0 Å². The molecule has 0 aromatic heterocycles. The van der Waals surface area contributed by atoms with Gasteiger partial charge in [0.25, 0.3) is 0 Å². The molecule has 1 heterocycles. The summed E-state index contributed by atoms with van der Waals surface area (Å²) in [6.45, 7) is 5.19. The van der Waals surface area contributed by atoms with Gasteiger partial charge in [0, 0.05) is 38.9 Å². The summed E-state index contributed by atoms with van der Waals surface area (Å²) < 4.78 is 11.3. The minimum Gasteiger partial charge on any atom is -0.496 e. The van der Waals surface area contributed by atoms with Crippen LogP contribution in [0.15, 0.2) is 18.2 Å². The van der Waals surface area contributed by atoms with Crippen LogP contribution in [0.5, 0.6) is 11.5 Å². The summed E-state index contributed by atoms with van der Waals surface area (Å²) in [5, 5.41) is 0. The summed E-state index contributed by atoms with van der Waals surface area (Å²) in [6.07, 6.45) is 1.95. The van der Waals surface area contributed by atoms with Crippen LogP contribution >= 0.6 is 0 Å². The average molecular weight is 263 g/mol. The van der Waals surface area contributed by atoms with Gasteiger partial charge in [-0.05, 0) is 18.6 Å². The molecule has 2 rings (SSSR count). The molecule has 19 heavy (non-hydrogen) atoms. The van der Waals surface area contributed by atoms with E-state index in [1.165, 1.54) is 0 Å². The molecule has 104 valence electrons. The van der Waals surface area contributed by atoms with Gasteiger partial charge in [-0.1, -0.05) is 6.07 Å². The number of ether oxygens (including phenoxy) is 2. The second-order valence-corrected chi connectivity index (χ2v) is 4.95. The number of nitrogens with zero attached hydrogens (tertiary/aromatic N) is 1. The van der Waals surface area contributed by atoms with Crippen molar-refractivity contribution in [2.75, 3.05) is 20.2 Å². The number of rotatable bonds is 3. The molecule has 1 saturated heterocycles. The minimum absolute atomic E-state index is 0.149. The Morgan fingerprint density at radius 1 is 1.32 bits per heavy atom. The molecular weight excluding hydrogens is 242 g/mol. The van der Waals surface area contributed by atoms with Crippen LogP contribution in [0.1, 0.15) is 25.3 Å². The fourth-order valence-electron chi connectivity index (χ4n) is 2.35. The van der Waals surface area contributed by atoms with Crippen LogP contribution in [0.4, 0.5) is 0 Å². The van der Waals surface area contributed by atoms with Gasteiger partial charge < -0.3 is 14.4 Å². The molecule has 1 amide bonds. The lowest BCUT2D eigenvalue weighted by Crippen LogP contribution is -2.40. The van der Waals surface area contributed by atoms with E-state index in [-0.39, 0.29) is 12.0 Å². The number of likely N-dealkylation sites (tertiary alicyclic amines) is 1. The molecule has 0 saturated carbocycles. The molecule has 0 aliphatic carbocycles. The standard InChI is InChI=1S/C15H21NO3/c1-11-4-5-14(10-15(11)18-3)19-13-6-8-16(9-7-13)12(2)17/h4-5,10,13H,6-9H2,1-3H3. The van der Waals surface area contributed by atoms with Crippen molar-refractivity contribution in [3.8, 4) is 11.5 Å². The van der Waals surface area contributed by atoms with Gasteiger partial charge >= 0.3 is 0 Å². The Balaban J connectivity index is 1.94. The number of amides is 1. The van der Waals surface area contributed by atoms with Crippen molar-refractivity contribution in [2.24, 2.45) is 0 Å². The molecule has 4 nitrogen and oxygen atoms in total. The highest BCUT2D eigenvalue weighted by Crippen LogP contribution is 2.26. The topological polar surface area (TPSA) is 38.8 Å². The Kier molecular flexibility index (Phi) is 4.30. The molecule has 1 aliphatic rings. The summed E-state index contributed by atoms with van der Waals surface area (Å²) in [6, 6.07) is 5.89. The Morgan fingerprint density at radius 3 is 2.58 bits per heavy atom. The van der Waals surface area contributed by atoms with Gasteiger partial charge in [-0.3, -0.25) is 4.79 Å². The van der Waals surface area contributed by atoms with E-state index in [1.54, 1.807) is 14.0 Å². The molecule has 1 aliphatic heterocycles. The number of piperidine rings is 1. The zero-order valence-electron chi connectivity index (χ0n) is 11.8. The molecule has 0 unspecified atom stereocenters. The Labute approximate surface area is 114 Å².